The first-order valence-electron chi connectivity index (χ1n) is 7.98. The molecule has 0 saturated carbocycles. The summed E-state index contributed by atoms with van der Waals surface area (Å²) in [6.45, 7) is 4.71. The third-order valence-electron chi connectivity index (χ3n) is 3.92. The molecule has 0 aromatic heterocycles. The van der Waals surface area contributed by atoms with Crippen molar-refractivity contribution < 1.29 is 17.9 Å². The molecule has 0 radical (unpaired) electrons. The van der Waals surface area contributed by atoms with Crippen LogP contribution >= 0.6 is 0 Å². The van der Waals surface area contributed by atoms with Gasteiger partial charge in [0.1, 0.15) is 0 Å². The van der Waals surface area contributed by atoms with E-state index in [0.717, 1.165) is 38.4 Å². The van der Waals surface area contributed by atoms with Crippen molar-refractivity contribution in [3.63, 3.8) is 0 Å². The van der Waals surface area contributed by atoms with E-state index in [1.807, 2.05) is 0 Å². The molecule has 1 heterocycles. The summed E-state index contributed by atoms with van der Waals surface area (Å²) in [5.41, 5.74) is 0.788. The Bertz CT molecular complexity index is 638. The fourth-order valence-corrected chi connectivity index (χ4v) is 3.32. The van der Waals surface area contributed by atoms with Gasteiger partial charge in [-0.2, -0.15) is 0 Å². The minimum atomic E-state index is -3.43. The number of carbonyl (C=O) groups is 1. The Labute approximate surface area is 143 Å². The van der Waals surface area contributed by atoms with E-state index in [2.05, 4.69) is 10.2 Å². The van der Waals surface area contributed by atoms with E-state index < -0.39 is 10.0 Å². The van der Waals surface area contributed by atoms with Gasteiger partial charge >= 0.3 is 0 Å². The summed E-state index contributed by atoms with van der Waals surface area (Å²) in [4.78, 5) is 14.4. The highest BCUT2D eigenvalue weighted by molar-refractivity contribution is 7.89. The van der Waals surface area contributed by atoms with Crippen LogP contribution in [0.4, 0.5) is 0 Å². The Hall–Kier alpha value is -1.48. The summed E-state index contributed by atoms with van der Waals surface area (Å²) < 4.78 is 30.4. The summed E-state index contributed by atoms with van der Waals surface area (Å²) in [5, 5.41) is 2.89. The van der Waals surface area contributed by atoms with E-state index in [-0.39, 0.29) is 17.2 Å². The number of rotatable bonds is 7. The summed E-state index contributed by atoms with van der Waals surface area (Å²) in [5.74, 6) is -0.0634. The van der Waals surface area contributed by atoms with Crippen molar-refractivity contribution in [1.29, 1.82) is 0 Å². The lowest BCUT2D eigenvalue weighted by Gasteiger charge is -2.26. The van der Waals surface area contributed by atoms with Crippen molar-refractivity contribution in [3.8, 4) is 0 Å². The molecule has 0 atom stereocenters. The second-order valence-electron chi connectivity index (χ2n) is 5.91. The number of nitrogens with zero attached hydrogens (tertiary/aromatic N) is 2. The van der Waals surface area contributed by atoms with Gasteiger partial charge in [0, 0.05) is 40.3 Å². The van der Waals surface area contributed by atoms with Gasteiger partial charge in [-0.05, 0) is 17.7 Å². The standard InChI is InChI=1S/C16H25N3O4S/c1-18(2)24(21,22)15-5-3-14(4-6-15)13-16(20)17-7-8-19-9-11-23-12-10-19/h3-6H,7-13H2,1-2H3,(H,17,20). The van der Waals surface area contributed by atoms with Crippen molar-refractivity contribution in [1.82, 2.24) is 14.5 Å². The smallest absolute Gasteiger partial charge is 0.242 e. The third-order valence-corrected chi connectivity index (χ3v) is 5.75. The summed E-state index contributed by atoms with van der Waals surface area (Å²) in [7, 11) is -0.449. The van der Waals surface area contributed by atoms with E-state index in [4.69, 9.17) is 4.74 Å². The first kappa shape index (κ1) is 18.9. The van der Waals surface area contributed by atoms with Gasteiger partial charge in [-0.15, -0.1) is 0 Å². The van der Waals surface area contributed by atoms with Crippen LogP contribution in [0.3, 0.4) is 0 Å². The number of carbonyl (C=O) groups excluding carboxylic acids is 1. The minimum absolute atomic E-state index is 0.0634. The average Bonchev–Trinajstić information content (AvgIpc) is 2.56. The average molecular weight is 355 g/mol. The first-order valence-corrected chi connectivity index (χ1v) is 9.42. The zero-order valence-electron chi connectivity index (χ0n) is 14.2. The predicted octanol–water partition coefficient (Wildman–Crippen LogP) is -0.0722. The molecule has 1 aromatic rings. The molecule has 0 bridgehead atoms. The SMILES string of the molecule is CN(C)S(=O)(=O)c1ccc(CC(=O)NCCN2CCOCC2)cc1. The Morgan fingerprint density at radius 3 is 2.42 bits per heavy atom. The van der Waals surface area contributed by atoms with Gasteiger partial charge in [0.2, 0.25) is 15.9 Å². The lowest BCUT2D eigenvalue weighted by Crippen LogP contribution is -2.41. The van der Waals surface area contributed by atoms with Gasteiger partial charge in [-0.3, -0.25) is 9.69 Å². The van der Waals surface area contributed by atoms with E-state index in [0.29, 0.717) is 6.54 Å². The Morgan fingerprint density at radius 1 is 1.21 bits per heavy atom. The van der Waals surface area contributed by atoms with Gasteiger partial charge in [0.25, 0.3) is 0 Å². The maximum absolute atomic E-state index is 12.0. The van der Waals surface area contributed by atoms with Gasteiger partial charge < -0.3 is 10.1 Å². The number of amides is 1. The Balaban J connectivity index is 1.79. The van der Waals surface area contributed by atoms with Gasteiger partial charge in [-0.1, -0.05) is 12.1 Å². The van der Waals surface area contributed by atoms with Crippen molar-refractivity contribution >= 4 is 15.9 Å². The van der Waals surface area contributed by atoms with E-state index in [9.17, 15) is 13.2 Å². The van der Waals surface area contributed by atoms with Crippen LogP contribution in [-0.2, 0) is 26.0 Å². The van der Waals surface area contributed by atoms with Crippen LogP contribution < -0.4 is 5.32 Å². The molecule has 24 heavy (non-hydrogen) atoms. The topological polar surface area (TPSA) is 79.0 Å². The van der Waals surface area contributed by atoms with Crippen LogP contribution in [0.2, 0.25) is 0 Å². The van der Waals surface area contributed by atoms with E-state index >= 15 is 0 Å². The molecule has 8 heteroatoms. The van der Waals surface area contributed by atoms with Crippen molar-refractivity contribution in [2.24, 2.45) is 0 Å². The zero-order chi connectivity index (χ0) is 17.6. The first-order chi connectivity index (χ1) is 11.4. The number of morpholine rings is 1. The molecule has 1 fully saturated rings. The lowest BCUT2D eigenvalue weighted by molar-refractivity contribution is -0.120. The van der Waals surface area contributed by atoms with Crippen LogP contribution in [0.25, 0.3) is 0 Å². The van der Waals surface area contributed by atoms with Crippen LogP contribution in [-0.4, -0.2) is 77.0 Å². The number of sulfonamides is 1. The second kappa shape index (κ2) is 8.57. The van der Waals surface area contributed by atoms with Gasteiger partial charge in [0.05, 0.1) is 24.5 Å². The fraction of sp³-hybridized carbons (Fsp3) is 0.562. The largest absolute Gasteiger partial charge is 0.379 e. The molecule has 0 aliphatic carbocycles. The Morgan fingerprint density at radius 2 is 1.83 bits per heavy atom. The van der Waals surface area contributed by atoms with E-state index in [1.165, 1.54) is 30.5 Å². The molecule has 1 aromatic carbocycles. The maximum Gasteiger partial charge on any atom is 0.242 e. The number of hydrogen-bond donors (Lipinski definition) is 1. The van der Waals surface area contributed by atoms with E-state index in [1.54, 1.807) is 12.1 Å². The molecular formula is C16H25N3O4S. The second-order valence-corrected chi connectivity index (χ2v) is 8.06. The lowest BCUT2D eigenvalue weighted by atomic mass is 10.1. The molecule has 2 rings (SSSR count). The number of benzene rings is 1. The Kier molecular flexibility index (Phi) is 6.73. The van der Waals surface area contributed by atoms with Crippen LogP contribution in [0.1, 0.15) is 5.56 Å². The highest BCUT2D eigenvalue weighted by atomic mass is 32.2. The molecule has 7 nitrogen and oxygen atoms in total. The molecule has 1 aliphatic heterocycles. The molecule has 1 aliphatic rings. The normalized spacial score (nSPS) is 16.3. The molecular weight excluding hydrogens is 330 g/mol. The predicted molar refractivity (Wildman–Crippen MR) is 91.3 cm³/mol. The summed E-state index contributed by atoms with van der Waals surface area (Å²) in [6, 6.07) is 6.42. The summed E-state index contributed by atoms with van der Waals surface area (Å²) >= 11 is 0. The van der Waals surface area contributed by atoms with Crippen molar-refractivity contribution in [3.05, 3.63) is 29.8 Å². The molecule has 0 spiro atoms. The highest BCUT2D eigenvalue weighted by Gasteiger charge is 2.17. The molecule has 0 unspecified atom stereocenters. The molecule has 1 N–H and O–H groups in total. The molecule has 1 amide bonds. The van der Waals surface area contributed by atoms with Gasteiger partial charge in [-0.25, -0.2) is 12.7 Å². The zero-order valence-corrected chi connectivity index (χ0v) is 15.0. The molecule has 1 saturated heterocycles. The fourth-order valence-electron chi connectivity index (χ4n) is 2.42. The highest BCUT2D eigenvalue weighted by Crippen LogP contribution is 2.14. The number of nitrogens with one attached hydrogen (secondary N) is 1. The quantitative estimate of drug-likeness (QED) is 0.741. The van der Waals surface area contributed by atoms with Crippen molar-refractivity contribution in [2.45, 2.75) is 11.3 Å². The third kappa shape index (κ3) is 5.27. The minimum Gasteiger partial charge on any atom is -0.379 e. The summed E-state index contributed by atoms with van der Waals surface area (Å²) in [6.07, 6.45) is 0.241. The van der Waals surface area contributed by atoms with Crippen molar-refractivity contribution in [2.75, 3.05) is 53.5 Å². The van der Waals surface area contributed by atoms with Crippen LogP contribution in [0.5, 0.6) is 0 Å². The van der Waals surface area contributed by atoms with Crippen LogP contribution in [0.15, 0.2) is 29.2 Å². The molecule has 134 valence electrons. The monoisotopic (exact) mass is 355 g/mol. The number of ether oxygens (including phenoxy) is 1. The maximum atomic E-state index is 12.0. The van der Waals surface area contributed by atoms with Gasteiger partial charge in [0.15, 0.2) is 0 Å². The number of hydrogen-bond acceptors (Lipinski definition) is 5. The van der Waals surface area contributed by atoms with Crippen LogP contribution in [0, 0.1) is 0 Å².